The molecule has 0 saturated carbocycles. The zero-order chi connectivity index (χ0) is 14.4. The Hall–Kier alpha value is -2.39. The van der Waals surface area contributed by atoms with E-state index in [4.69, 9.17) is 0 Å². The van der Waals surface area contributed by atoms with Crippen molar-refractivity contribution in [3.63, 3.8) is 0 Å². The first kappa shape index (κ1) is 12.4. The van der Waals surface area contributed by atoms with Gasteiger partial charge in [-0.1, -0.05) is 42.5 Å². The van der Waals surface area contributed by atoms with Crippen molar-refractivity contribution in [2.75, 3.05) is 5.32 Å². The first-order chi connectivity index (χ1) is 10.2. The Morgan fingerprint density at radius 2 is 1.57 bits per heavy atom. The van der Waals surface area contributed by atoms with Crippen LogP contribution in [0.15, 0.2) is 54.6 Å². The summed E-state index contributed by atoms with van der Waals surface area (Å²) in [4.78, 5) is 11.5. The number of anilines is 1. The maximum Gasteiger partial charge on any atom is 0.221 e. The van der Waals surface area contributed by atoms with Gasteiger partial charge in [-0.3, -0.25) is 4.79 Å². The van der Waals surface area contributed by atoms with Gasteiger partial charge in [-0.15, -0.1) is 11.3 Å². The number of thiophene rings is 1. The van der Waals surface area contributed by atoms with E-state index in [2.05, 4.69) is 47.8 Å². The molecule has 0 saturated heterocycles. The minimum Gasteiger partial charge on any atom is -0.326 e. The molecule has 1 aromatic heterocycles. The normalized spacial score (nSPS) is 11.3. The van der Waals surface area contributed by atoms with Crippen LogP contribution >= 0.6 is 11.3 Å². The molecule has 3 heteroatoms. The molecule has 102 valence electrons. The van der Waals surface area contributed by atoms with Crippen LogP contribution in [0.2, 0.25) is 0 Å². The molecule has 4 rings (SSSR count). The molecule has 1 N–H and O–H groups in total. The van der Waals surface area contributed by atoms with Gasteiger partial charge < -0.3 is 5.32 Å². The van der Waals surface area contributed by atoms with E-state index in [1.807, 2.05) is 12.1 Å². The van der Waals surface area contributed by atoms with E-state index in [-0.39, 0.29) is 5.91 Å². The van der Waals surface area contributed by atoms with Gasteiger partial charge in [0.15, 0.2) is 0 Å². The fraction of sp³-hybridized carbons (Fsp3) is 0.0556. The summed E-state index contributed by atoms with van der Waals surface area (Å²) in [5.74, 6) is -0.0426. The van der Waals surface area contributed by atoms with Gasteiger partial charge in [-0.05, 0) is 12.1 Å². The Bertz CT molecular complexity index is 1000. The molecule has 1 heterocycles. The van der Waals surface area contributed by atoms with E-state index >= 15 is 0 Å². The molecule has 0 spiro atoms. The van der Waals surface area contributed by atoms with Crippen LogP contribution in [-0.4, -0.2) is 5.91 Å². The monoisotopic (exact) mass is 291 g/mol. The highest BCUT2D eigenvalue weighted by molar-refractivity contribution is 7.26. The van der Waals surface area contributed by atoms with E-state index < -0.39 is 0 Å². The molecule has 0 atom stereocenters. The van der Waals surface area contributed by atoms with Gasteiger partial charge in [0.1, 0.15) is 0 Å². The molecule has 4 aromatic rings. The van der Waals surface area contributed by atoms with Crippen LogP contribution in [0.25, 0.3) is 30.9 Å². The molecular weight excluding hydrogens is 278 g/mol. The van der Waals surface area contributed by atoms with Gasteiger partial charge in [0.2, 0.25) is 5.91 Å². The van der Waals surface area contributed by atoms with Gasteiger partial charge in [0.25, 0.3) is 0 Å². The summed E-state index contributed by atoms with van der Waals surface area (Å²) in [6, 6.07) is 18.7. The SMILES string of the molecule is CC(=O)Nc1cc2c3ccccc3sc2c2ccccc12. The maximum atomic E-state index is 11.5. The number of fused-ring (bicyclic) bond motifs is 5. The summed E-state index contributed by atoms with van der Waals surface area (Å²) in [5.41, 5.74) is 0.883. The lowest BCUT2D eigenvalue weighted by Crippen LogP contribution is -2.06. The first-order valence-corrected chi connectivity index (χ1v) is 7.66. The van der Waals surface area contributed by atoms with Crippen molar-refractivity contribution in [1.82, 2.24) is 0 Å². The zero-order valence-electron chi connectivity index (χ0n) is 11.5. The molecule has 21 heavy (non-hydrogen) atoms. The van der Waals surface area contributed by atoms with Crippen LogP contribution in [0, 0.1) is 0 Å². The molecule has 0 bridgehead atoms. The number of rotatable bonds is 1. The fourth-order valence-electron chi connectivity index (χ4n) is 2.84. The predicted octanol–water partition coefficient (Wildman–Crippen LogP) is 5.17. The van der Waals surface area contributed by atoms with Crippen molar-refractivity contribution >= 4 is 53.9 Å². The van der Waals surface area contributed by atoms with Crippen molar-refractivity contribution in [1.29, 1.82) is 0 Å². The van der Waals surface area contributed by atoms with Crippen molar-refractivity contribution in [2.45, 2.75) is 6.92 Å². The quantitative estimate of drug-likeness (QED) is 0.515. The number of hydrogen-bond acceptors (Lipinski definition) is 2. The van der Waals surface area contributed by atoms with E-state index in [9.17, 15) is 4.79 Å². The van der Waals surface area contributed by atoms with E-state index in [1.54, 1.807) is 18.3 Å². The second kappa shape index (κ2) is 4.57. The minimum atomic E-state index is -0.0426. The molecule has 3 aromatic carbocycles. The lowest BCUT2D eigenvalue weighted by atomic mass is 10.0. The number of carbonyl (C=O) groups is 1. The summed E-state index contributed by atoms with van der Waals surface area (Å²) in [6.07, 6.45) is 0. The van der Waals surface area contributed by atoms with Crippen molar-refractivity contribution in [3.8, 4) is 0 Å². The zero-order valence-corrected chi connectivity index (χ0v) is 12.3. The standard InChI is InChI=1S/C18H13NOS/c1-11(20)19-16-10-15-13-7-4-5-9-17(13)21-18(15)14-8-3-2-6-12(14)16/h2-10H,1H3,(H,19,20). The minimum absolute atomic E-state index is 0.0426. The fourth-order valence-corrected chi connectivity index (χ4v) is 4.06. The maximum absolute atomic E-state index is 11.5. The Labute approximate surface area is 126 Å². The van der Waals surface area contributed by atoms with Crippen LogP contribution in [0.1, 0.15) is 6.92 Å². The molecule has 0 aliphatic heterocycles. The molecule has 0 unspecified atom stereocenters. The highest BCUT2D eigenvalue weighted by Gasteiger charge is 2.12. The highest BCUT2D eigenvalue weighted by Crippen LogP contribution is 2.41. The number of hydrogen-bond donors (Lipinski definition) is 1. The van der Waals surface area contributed by atoms with Gasteiger partial charge in [-0.25, -0.2) is 0 Å². The molecule has 0 fully saturated rings. The molecule has 0 aliphatic rings. The third-order valence-corrected chi connectivity index (χ3v) is 4.91. The Morgan fingerprint density at radius 3 is 2.33 bits per heavy atom. The summed E-state index contributed by atoms with van der Waals surface area (Å²) in [6.45, 7) is 1.55. The molecule has 2 nitrogen and oxygen atoms in total. The van der Waals surface area contributed by atoms with Crippen LogP contribution in [0.5, 0.6) is 0 Å². The highest BCUT2D eigenvalue weighted by atomic mass is 32.1. The molecule has 0 aliphatic carbocycles. The van der Waals surface area contributed by atoms with Crippen molar-refractivity contribution in [2.24, 2.45) is 0 Å². The number of amides is 1. The summed E-state index contributed by atoms with van der Waals surface area (Å²) in [5, 5.41) is 7.70. The Kier molecular flexibility index (Phi) is 2.69. The van der Waals surface area contributed by atoms with Gasteiger partial charge >= 0.3 is 0 Å². The second-order valence-corrected chi connectivity index (χ2v) is 6.18. The average molecular weight is 291 g/mol. The van der Waals surface area contributed by atoms with E-state index in [0.29, 0.717) is 0 Å². The van der Waals surface area contributed by atoms with Gasteiger partial charge in [0, 0.05) is 43.6 Å². The summed E-state index contributed by atoms with van der Waals surface area (Å²) < 4.78 is 2.55. The Balaban J connectivity index is 2.21. The van der Waals surface area contributed by atoms with Crippen LogP contribution in [-0.2, 0) is 4.79 Å². The number of nitrogens with one attached hydrogen (secondary N) is 1. The van der Waals surface area contributed by atoms with Gasteiger partial charge in [0.05, 0.1) is 0 Å². The first-order valence-electron chi connectivity index (χ1n) is 6.84. The van der Waals surface area contributed by atoms with Crippen molar-refractivity contribution < 1.29 is 4.79 Å². The van der Waals surface area contributed by atoms with Crippen LogP contribution in [0.4, 0.5) is 5.69 Å². The topological polar surface area (TPSA) is 29.1 Å². The average Bonchev–Trinajstić information content (AvgIpc) is 2.86. The molecule has 1 amide bonds. The van der Waals surface area contributed by atoms with Crippen LogP contribution in [0.3, 0.4) is 0 Å². The smallest absolute Gasteiger partial charge is 0.221 e. The third-order valence-electron chi connectivity index (χ3n) is 3.70. The largest absolute Gasteiger partial charge is 0.326 e. The lowest BCUT2D eigenvalue weighted by Gasteiger charge is -2.08. The molecular formula is C18H13NOS. The number of carbonyl (C=O) groups excluding carboxylic acids is 1. The number of benzene rings is 3. The summed E-state index contributed by atoms with van der Waals surface area (Å²) >= 11 is 1.81. The lowest BCUT2D eigenvalue weighted by molar-refractivity contribution is -0.114. The van der Waals surface area contributed by atoms with E-state index in [0.717, 1.165) is 11.1 Å². The van der Waals surface area contributed by atoms with Crippen molar-refractivity contribution in [3.05, 3.63) is 54.6 Å². The van der Waals surface area contributed by atoms with E-state index in [1.165, 1.54) is 25.6 Å². The summed E-state index contributed by atoms with van der Waals surface area (Å²) in [7, 11) is 0. The molecule has 0 radical (unpaired) electrons. The second-order valence-electron chi connectivity index (χ2n) is 5.13. The predicted molar refractivity (Wildman–Crippen MR) is 91.1 cm³/mol. The Morgan fingerprint density at radius 1 is 0.905 bits per heavy atom. The third kappa shape index (κ3) is 1.89. The van der Waals surface area contributed by atoms with Crippen LogP contribution < -0.4 is 5.32 Å². The van der Waals surface area contributed by atoms with Gasteiger partial charge in [-0.2, -0.15) is 0 Å².